The zero-order chi connectivity index (χ0) is 13.7. The van der Waals surface area contributed by atoms with E-state index in [1.165, 1.54) is 7.11 Å². The van der Waals surface area contributed by atoms with Crippen LogP contribution in [0.1, 0.15) is 42.5 Å². The number of hydrogen-bond donors (Lipinski definition) is 2. The van der Waals surface area contributed by atoms with Gasteiger partial charge in [-0.2, -0.15) is 0 Å². The van der Waals surface area contributed by atoms with Crippen LogP contribution in [0.25, 0.3) is 0 Å². The lowest BCUT2D eigenvalue weighted by molar-refractivity contribution is 0.00522. The number of hydrogen-bond acceptors (Lipinski definition) is 4. The van der Waals surface area contributed by atoms with E-state index < -0.39 is 5.60 Å². The van der Waals surface area contributed by atoms with Crippen molar-refractivity contribution in [3.05, 3.63) is 23.9 Å². The molecule has 0 atom stereocenters. The molecule has 1 saturated carbocycles. The molecule has 1 aliphatic rings. The highest BCUT2D eigenvalue weighted by Gasteiger charge is 2.29. The van der Waals surface area contributed by atoms with E-state index in [0.29, 0.717) is 11.4 Å². The highest BCUT2D eigenvalue weighted by molar-refractivity contribution is 5.96. The summed E-state index contributed by atoms with van der Waals surface area (Å²) in [4.78, 5) is 16.1. The second-order valence-corrected chi connectivity index (χ2v) is 5.03. The molecule has 0 radical (unpaired) electrons. The average molecular weight is 264 g/mol. The Morgan fingerprint density at radius 3 is 2.89 bits per heavy atom. The second-order valence-electron chi connectivity index (χ2n) is 5.03. The van der Waals surface area contributed by atoms with E-state index in [-0.39, 0.29) is 12.5 Å². The molecular weight excluding hydrogens is 244 g/mol. The molecule has 0 bridgehead atoms. The minimum absolute atomic E-state index is 0.260. The van der Waals surface area contributed by atoms with Crippen LogP contribution in [0.3, 0.4) is 0 Å². The van der Waals surface area contributed by atoms with Gasteiger partial charge in [0, 0.05) is 12.7 Å². The van der Waals surface area contributed by atoms with Gasteiger partial charge < -0.3 is 15.2 Å². The van der Waals surface area contributed by atoms with Crippen LogP contribution in [0.2, 0.25) is 0 Å². The normalized spacial score (nSPS) is 17.8. The van der Waals surface area contributed by atoms with Crippen LogP contribution in [-0.4, -0.2) is 35.3 Å². The topological polar surface area (TPSA) is 71.5 Å². The van der Waals surface area contributed by atoms with Gasteiger partial charge in [-0.15, -0.1) is 0 Å². The van der Waals surface area contributed by atoms with E-state index in [1.807, 2.05) is 0 Å². The molecule has 0 unspecified atom stereocenters. The summed E-state index contributed by atoms with van der Waals surface area (Å²) < 4.78 is 5.05. The van der Waals surface area contributed by atoms with Gasteiger partial charge in [-0.3, -0.25) is 4.79 Å². The predicted octanol–water partition coefficient (Wildman–Crippen LogP) is 1.52. The lowest BCUT2D eigenvalue weighted by Gasteiger charge is -2.32. The molecule has 2 N–H and O–H groups in total. The van der Waals surface area contributed by atoms with Crippen molar-refractivity contribution < 1.29 is 14.6 Å². The number of nitrogens with zero attached hydrogens (tertiary/aromatic N) is 1. The Balaban J connectivity index is 1.97. The van der Waals surface area contributed by atoms with Crippen molar-refractivity contribution in [2.45, 2.75) is 37.7 Å². The van der Waals surface area contributed by atoms with Crippen LogP contribution in [-0.2, 0) is 0 Å². The second kappa shape index (κ2) is 6.02. The number of amides is 1. The third-order valence-electron chi connectivity index (χ3n) is 3.57. The van der Waals surface area contributed by atoms with Gasteiger partial charge in [0.15, 0.2) is 0 Å². The maximum atomic E-state index is 12.1. The molecule has 2 rings (SSSR count). The molecule has 104 valence electrons. The number of rotatable bonds is 4. The van der Waals surface area contributed by atoms with E-state index >= 15 is 0 Å². The summed E-state index contributed by atoms with van der Waals surface area (Å²) in [6.07, 6.45) is 6.26. The molecule has 0 spiro atoms. The number of carbonyl (C=O) groups is 1. The summed E-state index contributed by atoms with van der Waals surface area (Å²) in [5.74, 6) is 0.0413. The lowest BCUT2D eigenvalue weighted by atomic mass is 9.85. The number of methoxy groups -OCH3 is 1. The van der Waals surface area contributed by atoms with Crippen LogP contribution in [0.4, 0.5) is 0 Å². The van der Waals surface area contributed by atoms with Crippen molar-refractivity contribution in [2.75, 3.05) is 13.7 Å². The molecule has 0 aliphatic heterocycles. The first-order chi connectivity index (χ1) is 9.14. The molecule has 0 aromatic carbocycles. The van der Waals surface area contributed by atoms with Crippen molar-refractivity contribution in [1.29, 1.82) is 0 Å². The lowest BCUT2D eigenvalue weighted by Crippen LogP contribution is -2.44. The number of aromatic nitrogens is 1. The highest BCUT2D eigenvalue weighted by Crippen LogP contribution is 2.27. The summed E-state index contributed by atoms with van der Waals surface area (Å²) in [7, 11) is 1.48. The van der Waals surface area contributed by atoms with E-state index in [0.717, 1.165) is 32.1 Å². The Hall–Kier alpha value is -1.62. The van der Waals surface area contributed by atoms with E-state index in [1.54, 1.807) is 18.3 Å². The molecule has 5 heteroatoms. The van der Waals surface area contributed by atoms with Crippen LogP contribution in [0, 0.1) is 0 Å². The van der Waals surface area contributed by atoms with Gasteiger partial charge in [0.25, 0.3) is 5.91 Å². The summed E-state index contributed by atoms with van der Waals surface area (Å²) in [5, 5.41) is 13.1. The molecule has 19 heavy (non-hydrogen) atoms. The number of nitrogens with one attached hydrogen (secondary N) is 1. The smallest absolute Gasteiger partial charge is 0.256 e. The number of ether oxygens (including phenoxy) is 1. The zero-order valence-electron chi connectivity index (χ0n) is 11.2. The van der Waals surface area contributed by atoms with Crippen LogP contribution >= 0.6 is 0 Å². The van der Waals surface area contributed by atoms with Crippen molar-refractivity contribution >= 4 is 5.91 Å². The molecule has 1 heterocycles. The van der Waals surface area contributed by atoms with Crippen LogP contribution in [0.15, 0.2) is 18.3 Å². The standard InChI is InChI=1S/C14H20N2O3/c1-19-13-11(6-5-9-15-13)12(17)16-10-14(18)7-3-2-4-8-14/h5-6,9,18H,2-4,7-8,10H2,1H3,(H,16,17). The van der Waals surface area contributed by atoms with E-state index in [2.05, 4.69) is 10.3 Å². The molecule has 1 aliphatic carbocycles. The van der Waals surface area contributed by atoms with Gasteiger partial charge >= 0.3 is 0 Å². The van der Waals surface area contributed by atoms with E-state index in [9.17, 15) is 9.90 Å². The van der Waals surface area contributed by atoms with Gasteiger partial charge in [0.1, 0.15) is 5.56 Å². The first kappa shape index (κ1) is 13.8. The molecule has 1 aromatic heterocycles. The molecule has 5 nitrogen and oxygen atoms in total. The number of aliphatic hydroxyl groups is 1. The third kappa shape index (κ3) is 3.44. The number of carbonyl (C=O) groups excluding carboxylic acids is 1. The number of pyridine rings is 1. The molecule has 1 fully saturated rings. The van der Waals surface area contributed by atoms with Crippen molar-refractivity contribution in [3.8, 4) is 5.88 Å². The maximum absolute atomic E-state index is 12.1. The van der Waals surface area contributed by atoms with Gasteiger partial charge in [0.2, 0.25) is 5.88 Å². The fourth-order valence-electron chi connectivity index (χ4n) is 2.45. The molecular formula is C14H20N2O3. The summed E-state index contributed by atoms with van der Waals surface area (Å²) in [6.45, 7) is 0.282. The summed E-state index contributed by atoms with van der Waals surface area (Å²) in [5.41, 5.74) is -0.368. The fourth-order valence-corrected chi connectivity index (χ4v) is 2.45. The maximum Gasteiger partial charge on any atom is 0.256 e. The zero-order valence-corrected chi connectivity index (χ0v) is 11.2. The van der Waals surface area contributed by atoms with Crippen molar-refractivity contribution in [1.82, 2.24) is 10.3 Å². The summed E-state index contributed by atoms with van der Waals surface area (Å²) >= 11 is 0. The van der Waals surface area contributed by atoms with Gasteiger partial charge in [-0.05, 0) is 25.0 Å². The largest absolute Gasteiger partial charge is 0.480 e. The minimum Gasteiger partial charge on any atom is -0.480 e. The Kier molecular flexibility index (Phi) is 4.37. The molecule has 0 saturated heterocycles. The highest BCUT2D eigenvalue weighted by atomic mass is 16.5. The summed E-state index contributed by atoms with van der Waals surface area (Å²) in [6, 6.07) is 3.35. The average Bonchev–Trinajstić information content (AvgIpc) is 2.45. The SMILES string of the molecule is COc1ncccc1C(=O)NCC1(O)CCCCC1. The minimum atomic E-state index is -0.761. The van der Waals surface area contributed by atoms with E-state index in [4.69, 9.17) is 4.74 Å². The van der Waals surface area contributed by atoms with Crippen molar-refractivity contribution in [3.63, 3.8) is 0 Å². The first-order valence-electron chi connectivity index (χ1n) is 6.64. The van der Waals surface area contributed by atoms with Crippen LogP contribution < -0.4 is 10.1 Å². The van der Waals surface area contributed by atoms with Gasteiger partial charge in [0.05, 0.1) is 12.7 Å². The Morgan fingerprint density at radius 2 is 2.21 bits per heavy atom. The molecule has 1 aromatic rings. The van der Waals surface area contributed by atoms with Gasteiger partial charge in [-0.1, -0.05) is 19.3 Å². The third-order valence-corrected chi connectivity index (χ3v) is 3.57. The Labute approximate surface area is 113 Å². The monoisotopic (exact) mass is 264 g/mol. The first-order valence-corrected chi connectivity index (χ1v) is 6.64. The van der Waals surface area contributed by atoms with Crippen LogP contribution in [0.5, 0.6) is 5.88 Å². The van der Waals surface area contributed by atoms with Crippen molar-refractivity contribution in [2.24, 2.45) is 0 Å². The van der Waals surface area contributed by atoms with Gasteiger partial charge in [-0.25, -0.2) is 4.98 Å². The fraction of sp³-hybridized carbons (Fsp3) is 0.571. The predicted molar refractivity (Wildman–Crippen MR) is 71.2 cm³/mol. The molecule has 1 amide bonds. The Bertz CT molecular complexity index is 442. The quantitative estimate of drug-likeness (QED) is 0.865. The Morgan fingerprint density at radius 1 is 1.47 bits per heavy atom.